The van der Waals surface area contributed by atoms with Crippen LogP contribution >= 0.6 is 24.2 Å². The van der Waals surface area contributed by atoms with Gasteiger partial charge in [-0.3, -0.25) is 4.90 Å². The maximum atomic E-state index is 5.49. The molecule has 0 saturated carbocycles. The number of halogens is 1. The molecular formula is C16H23ClN4OS. The van der Waals surface area contributed by atoms with Crippen molar-refractivity contribution in [3.05, 3.63) is 41.5 Å². The van der Waals surface area contributed by atoms with E-state index in [1.54, 1.807) is 11.8 Å². The molecule has 0 radical (unpaired) electrons. The summed E-state index contributed by atoms with van der Waals surface area (Å²) in [6, 6.07) is 8.70. The van der Waals surface area contributed by atoms with Crippen molar-refractivity contribution in [3.8, 4) is 0 Å². The quantitative estimate of drug-likeness (QED) is 0.851. The molecule has 1 saturated heterocycles. The van der Waals surface area contributed by atoms with E-state index in [1.807, 2.05) is 0 Å². The molecule has 2 unspecified atom stereocenters. The monoisotopic (exact) mass is 354 g/mol. The van der Waals surface area contributed by atoms with Gasteiger partial charge in [-0.2, -0.15) is 4.98 Å². The molecule has 1 aromatic heterocycles. The average Bonchev–Trinajstić information content (AvgIpc) is 3.00. The summed E-state index contributed by atoms with van der Waals surface area (Å²) in [7, 11) is 2.10. The number of thioether (sulfide) groups is 1. The van der Waals surface area contributed by atoms with Crippen molar-refractivity contribution < 1.29 is 4.52 Å². The largest absolute Gasteiger partial charge is 0.338 e. The van der Waals surface area contributed by atoms with Crippen molar-refractivity contribution >= 4 is 24.2 Å². The zero-order valence-electron chi connectivity index (χ0n) is 13.7. The summed E-state index contributed by atoms with van der Waals surface area (Å²) in [6.07, 6.45) is 0. The van der Waals surface area contributed by atoms with Crippen molar-refractivity contribution in [3.63, 3.8) is 0 Å². The number of benzene rings is 1. The number of aromatic nitrogens is 2. The highest BCUT2D eigenvalue weighted by molar-refractivity contribution is 7.99. The summed E-state index contributed by atoms with van der Waals surface area (Å²) in [4.78, 5) is 8.10. The minimum atomic E-state index is 0. The van der Waals surface area contributed by atoms with Gasteiger partial charge in [0.05, 0.1) is 11.3 Å². The third-order valence-corrected chi connectivity index (χ3v) is 5.05. The van der Waals surface area contributed by atoms with E-state index in [1.165, 1.54) is 10.5 Å². The van der Waals surface area contributed by atoms with Crippen LogP contribution in [0.5, 0.6) is 0 Å². The van der Waals surface area contributed by atoms with Crippen molar-refractivity contribution in [2.75, 3.05) is 26.7 Å². The van der Waals surface area contributed by atoms with Gasteiger partial charge in [-0.05, 0) is 33.0 Å². The number of hydrogen-bond donors (Lipinski definition) is 1. The molecule has 0 aliphatic carbocycles. The molecule has 0 amide bonds. The summed E-state index contributed by atoms with van der Waals surface area (Å²) >= 11 is 1.74. The lowest BCUT2D eigenvalue weighted by atomic mass is 10.2. The van der Waals surface area contributed by atoms with Gasteiger partial charge >= 0.3 is 0 Å². The molecule has 1 N–H and O–H groups in total. The lowest BCUT2D eigenvalue weighted by Crippen LogP contribution is -2.44. The average molecular weight is 355 g/mol. The van der Waals surface area contributed by atoms with E-state index < -0.39 is 0 Å². The van der Waals surface area contributed by atoms with Gasteiger partial charge in [0.15, 0.2) is 5.82 Å². The van der Waals surface area contributed by atoms with E-state index in [-0.39, 0.29) is 23.7 Å². The van der Waals surface area contributed by atoms with Gasteiger partial charge in [0.2, 0.25) is 5.89 Å². The standard InChI is InChI=1S/C16H22N4OS.ClH/c1-11-4-6-13(7-5-11)22-12(2)16-18-15(19-21-16)14-10-17-8-9-20(14)3;/h4-7,12,14,17H,8-10H2,1-3H3;1H. The van der Waals surface area contributed by atoms with Gasteiger partial charge in [0.25, 0.3) is 0 Å². The van der Waals surface area contributed by atoms with Crippen LogP contribution in [-0.2, 0) is 0 Å². The highest BCUT2D eigenvalue weighted by Crippen LogP contribution is 2.34. The topological polar surface area (TPSA) is 54.2 Å². The van der Waals surface area contributed by atoms with Crippen LogP contribution in [-0.4, -0.2) is 41.7 Å². The maximum Gasteiger partial charge on any atom is 0.239 e. The van der Waals surface area contributed by atoms with Gasteiger partial charge in [-0.25, -0.2) is 0 Å². The predicted octanol–water partition coefficient (Wildman–Crippen LogP) is 3.23. The van der Waals surface area contributed by atoms with Crippen LogP contribution in [0, 0.1) is 6.92 Å². The second-order valence-corrected chi connectivity index (χ2v) is 7.18. The van der Waals surface area contributed by atoms with Gasteiger partial charge in [-0.1, -0.05) is 22.9 Å². The molecule has 0 bridgehead atoms. The van der Waals surface area contributed by atoms with E-state index in [0.29, 0.717) is 5.89 Å². The second kappa shape index (κ2) is 8.15. The zero-order valence-corrected chi connectivity index (χ0v) is 15.3. The molecule has 2 aromatic rings. The number of hydrogen-bond acceptors (Lipinski definition) is 6. The number of likely N-dealkylation sites (N-methyl/N-ethyl adjacent to an activating group) is 1. The SMILES string of the molecule is Cc1ccc(SC(C)c2nc(C3CNCCN3C)no2)cc1.Cl. The number of nitrogens with zero attached hydrogens (tertiary/aromatic N) is 3. The maximum absolute atomic E-state index is 5.49. The van der Waals surface area contributed by atoms with E-state index >= 15 is 0 Å². The van der Waals surface area contributed by atoms with Crippen LogP contribution in [0.1, 0.15) is 35.5 Å². The Bertz CT molecular complexity index is 619. The number of piperazine rings is 1. The molecule has 3 rings (SSSR count). The first-order chi connectivity index (χ1) is 10.6. The molecule has 1 fully saturated rings. The lowest BCUT2D eigenvalue weighted by molar-refractivity contribution is 0.190. The predicted molar refractivity (Wildman–Crippen MR) is 95.2 cm³/mol. The molecule has 1 aliphatic rings. The molecular weight excluding hydrogens is 332 g/mol. The zero-order chi connectivity index (χ0) is 15.5. The van der Waals surface area contributed by atoms with Crippen LogP contribution in [0.2, 0.25) is 0 Å². The molecule has 7 heteroatoms. The Labute approximate surface area is 147 Å². The summed E-state index contributed by atoms with van der Waals surface area (Å²) in [6.45, 7) is 7.08. The number of rotatable bonds is 4. The normalized spacial score (nSPS) is 20.0. The highest BCUT2D eigenvalue weighted by atomic mass is 35.5. The third kappa shape index (κ3) is 4.47. The van der Waals surface area contributed by atoms with Gasteiger partial charge in [0.1, 0.15) is 0 Å². The Morgan fingerprint density at radius 1 is 1.35 bits per heavy atom. The summed E-state index contributed by atoms with van der Waals surface area (Å²) < 4.78 is 5.49. The molecule has 1 aliphatic heterocycles. The van der Waals surface area contributed by atoms with Crippen LogP contribution in [0.3, 0.4) is 0 Å². The Morgan fingerprint density at radius 3 is 2.78 bits per heavy atom. The minimum absolute atomic E-state index is 0. The van der Waals surface area contributed by atoms with E-state index in [0.717, 1.165) is 25.5 Å². The molecule has 5 nitrogen and oxygen atoms in total. The Morgan fingerprint density at radius 2 is 2.09 bits per heavy atom. The molecule has 2 heterocycles. The summed E-state index contributed by atoms with van der Waals surface area (Å²) in [5.41, 5.74) is 1.27. The van der Waals surface area contributed by atoms with Crippen LogP contribution in [0.25, 0.3) is 0 Å². The van der Waals surface area contributed by atoms with Crippen molar-refractivity contribution in [1.82, 2.24) is 20.4 Å². The fourth-order valence-corrected chi connectivity index (χ4v) is 3.41. The van der Waals surface area contributed by atoms with E-state index in [4.69, 9.17) is 4.52 Å². The number of aryl methyl sites for hydroxylation is 1. The fourth-order valence-electron chi connectivity index (χ4n) is 2.51. The summed E-state index contributed by atoms with van der Waals surface area (Å²) in [5.74, 6) is 1.47. The molecule has 1 aromatic carbocycles. The molecule has 0 spiro atoms. The first-order valence-corrected chi connectivity index (χ1v) is 8.49. The second-order valence-electron chi connectivity index (χ2n) is 5.76. The van der Waals surface area contributed by atoms with Crippen LogP contribution in [0.15, 0.2) is 33.7 Å². The Kier molecular flexibility index (Phi) is 6.47. The lowest BCUT2D eigenvalue weighted by Gasteiger charge is -2.30. The van der Waals surface area contributed by atoms with Crippen molar-refractivity contribution in [2.45, 2.75) is 30.0 Å². The fraction of sp³-hybridized carbons (Fsp3) is 0.500. The Balaban J connectivity index is 0.00000192. The summed E-state index contributed by atoms with van der Waals surface area (Å²) in [5, 5.41) is 7.71. The van der Waals surface area contributed by atoms with E-state index in [9.17, 15) is 0 Å². The van der Waals surface area contributed by atoms with Crippen molar-refractivity contribution in [1.29, 1.82) is 0 Å². The van der Waals surface area contributed by atoms with Crippen LogP contribution in [0.4, 0.5) is 0 Å². The van der Waals surface area contributed by atoms with Crippen LogP contribution < -0.4 is 5.32 Å². The molecule has 126 valence electrons. The highest BCUT2D eigenvalue weighted by Gasteiger charge is 2.26. The third-order valence-electron chi connectivity index (χ3n) is 3.95. The molecule has 23 heavy (non-hydrogen) atoms. The van der Waals surface area contributed by atoms with Gasteiger partial charge < -0.3 is 9.84 Å². The van der Waals surface area contributed by atoms with Gasteiger partial charge in [0, 0.05) is 24.5 Å². The first-order valence-electron chi connectivity index (χ1n) is 7.61. The Hall–Kier alpha value is -1.08. The van der Waals surface area contributed by atoms with Crippen molar-refractivity contribution in [2.24, 2.45) is 0 Å². The van der Waals surface area contributed by atoms with Gasteiger partial charge in [-0.15, -0.1) is 24.2 Å². The molecule has 2 atom stereocenters. The minimum Gasteiger partial charge on any atom is -0.338 e. The number of nitrogens with one attached hydrogen (secondary N) is 1. The van der Waals surface area contributed by atoms with E-state index in [2.05, 4.69) is 65.5 Å². The first kappa shape index (κ1) is 18.3. The smallest absolute Gasteiger partial charge is 0.239 e.